The number of rotatable bonds is 7. The van der Waals surface area contributed by atoms with E-state index in [2.05, 4.69) is 278 Å². The predicted molar refractivity (Wildman–Crippen MR) is 286 cm³/mol. The Labute approximate surface area is 403 Å². The van der Waals surface area contributed by atoms with Crippen LogP contribution in [0.5, 0.6) is 0 Å². The Morgan fingerprint density at radius 2 is 0.623 bits per heavy atom. The lowest BCUT2D eigenvalue weighted by Crippen LogP contribution is -2.28. The van der Waals surface area contributed by atoms with E-state index in [1.54, 1.807) is 0 Å². The molecule has 1 spiro atoms. The first-order valence-corrected chi connectivity index (χ1v) is 24.1. The van der Waals surface area contributed by atoms with Crippen molar-refractivity contribution < 1.29 is 0 Å². The molecular weight excluding hydrogens is 831 g/mol. The Balaban J connectivity index is 0.935. The summed E-state index contributed by atoms with van der Waals surface area (Å²) in [6.07, 6.45) is 0. The predicted octanol–water partition coefficient (Wildman–Crippen LogP) is 17.2. The van der Waals surface area contributed by atoms with Crippen molar-refractivity contribution in [2.75, 3.05) is 4.90 Å². The smallest absolute Gasteiger partial charge is 0.0726 e. The van der Waals surface area contributed by atoms with Crippen LogP contribution in [0.15, 0.2) is 273 Å². The number of fused-ring (bicyclic) bond motifs is 13. The standard InChI is InChI=1S/C68H45N/c1-4-20-46(21-5-1)49-38-41-65-60(44-49)58-33-13-14-34-61(58)67(65,50-24-6-2-7-25-50)51-26-18-22-47(42-51)48-23-19-29-53(43-48)69(52-27-8-3-9-28-52)54-39-40-59-57-32-12-17-37-64(57)68(66(59)45-54)62-35-15-10-30-55(62)56-31-11-16-36-63(56)68/h1-45H. The summed E-state index contributed by atoms with van der Waals surface area (Å²) in [5.41, 5.74) is 25.4. The normalized spacial score (nSPS) is 15.1. The molecule has 0 heterocycles. The summed E-state index contributed by atoms with van der Waals surface area (Å²) in [6.45, 7) is 0. The SMILES string of the molecule is c1ccc(-c2ccc3c(c2)-c2ccccc2C3(c2ccccc2)c2cccc(-c3cccc(N(c4ccccc4)c4ccc5c(c4)C4(c6ccccc6-c6ccccc64)c4ccccc4-5)c3)c2)cc1. The van der Waals surface area contributed by atoms with Crippen LogP contribution in [0, 0.1) is 0 Å². The van der Waals surface area contributed by atoms with Gasteiger partial charge in [-0.25, -0.2) is 0 Å². The summed E-state index contributed by atoms with van der Waals surface area (Å²) >= 11 is 0. The van der Waals surface area contributed by atoms with Crippen molar-refractivity contribution in [1.29, 1.82) is 0 Å². The van der Waals surface area contributed by atoms with Gasteiger partial charge in [0.2, 0.25) is 0 Å². The van der Waals surface area contributed by atoms with E-state index in [0.717, 1.165) is 22.6 Å². The average Bonchev–Trinajstić information content (AvgIpc) is 4.02. The minimum atomic E-state index is -0.526. The summed E-state index contributed by atoms with van der Waals surface area (Å²) in [6, 6.07) is 102. The summed E-state index contributed by atoms with van der Waals surface area (Å²) in [4.78, 5) is 2.44. The van der Waals surface area contributed by atoms with Crippen LogP contribution >= 0.6 is 0 Å². The fourth-order valence-corrected chi connectivity index (χ4v) is 12.6. The van der Waals surface area contributed by atoms with Gasteiger partial charge in [0.1, 0.15) is 0 Å². The van der Waals surface area contributed by atoms with E-state index in [1.165, 1.54) is 94.6 Å². The Morgan fingerprint density at radius 1 is 0.203 bits per heavy atom. The van der Waals surface area contributed by atoms with Gasteiger partial charge < -0.3 is 4.90 Å². The summed E-state index contributed by atoms with van der Waals surface area (Å²) in [5.74, 6) is 0. The summed E-state index contributed by atoms with van der Waals surface area (Å²) in [7, 11) is 0. The maximum atomic E-state index is 2.48. The molecule has 11 aromatic rings. The minimum Gasteiger partial charge on any atom is -0.310 e. The highest BCUT2D eigenvalue weighted by atomic mass is 15.1. The highest BCUT2D eigenvalue weighted by Crippen LogP contribution is 2.63. The Kier molecular flexibility index (Phi) is 8.78. The molecule has 0 aliphatic heterocycles. The van der Waals surface area contributed by atoms with Gasteiger partial charge in [0, 0.05) is 17.1 Å². The van der Waals surface area contributed by atoms with Crippen molar-refractivity contribution in [2.24, 2.45) is 0 Å². The lowest BCUT2D eigenvalue weighted by atomic mass is 9.67. The van der Waals surface area contributed by atoms with Crippen LogP contribution in [-0.4, -0.2) is 0 Å². The Morgan fingerprint density at radius 3 is 1.26 bits per heavy atom. The van der Waals surface area contributed by atoms with Gasteiger partial charge in [-0.15, -0.1) is 0 Å². The summed E-state index contributed by atoms with van der Waals surface area (Å²) < 4.78 is 0. The Hall–Kier alpha value is -8.78. The molecule has 0 bridgehead atoms. The molecule has 1 heteroatoms. The molecule has 1 nitrogen and oxygen atoms in total. The maximum absolute atomic E-state index is 2.48. The molecule has 11 aromatic carbocycles. The second kappa shape index (κ2) is 15.4. The van der Waals surface area contributed by atoms with Crippen molar-refractivity contribution in [3.63, 3.8) is 0 Å². The zero-order valence-corrected chi connectivity index (χ0v) is 37.9. The molecule has 0 N–H and O–H groups in total. The first kappa shape index (κ1) is 39.4. The fourth-order valence-electron chi connectivity index (χ4n) is 12.6. The molecule has 1 atom stereocenters. The first-order valence-electron chi connectivity index (χ1n) is 24.1. The third-order valence-corrected chi connectivity index (χ3v) is 15.3. The van der Waals surface area contributed by atoms with Crippen molar-refractivity contribution in [3.05, 3.63) is 317 Å². The van der Waals surface area contributed by atoms with E-state index < -0.39 is 10.8 Å². The Bertz CT molecular complexity index is 3730. The number of anilines is 3. The molecular formula is C68H45N. The van der Waals surface area contributed by atoms with Gasteiger partial charge in [-0.1, -0.05) is 224 Å². The van der Waals surface area contributed by atoms with Crippen LogP contribution in [0.4, 0.5) is 17.1 Å². The van der Waals surface area contributed by atoms with Crippen LogP contribution < -0.4 is 4.90 Å². The lowest BCUT2D eigenvalue weighted by Gasteiger charge is -2.34. The monoisotopic (exact) mass is 875 g/mol. The van der Waals surface area contributed by atoms with Crippen LogP contribution in [0.3, 0.4) is 0 Å². The average molecular weight is 876 g/mol. The van der Waals surface area contributed by atoms with Crippen LogP contribution in [-0.2, 0) is 10.8 Å². The maximum Gasteiger partial charge on any atom is 0.0726 e. The number of hydrogen-bond acceptors (Lipinski definition) is 1. The number of benzene rings is 11. The van der Waals surface area contributed by atoms with E-state index >= 15 is 0 Å². The van der Waals surface area contributed by atoms with E-state index in [1.807, 2.05) is 0 Å². The van der Waals surface area contributed by atoms with Gasteiger partial charge in [0.05, 0.1) is 10.8 Å². The third kappa shape index (κ3) is 5.65. The molecule has 0 radical (unpaired) electrons. The van der Waals surface area contributed by atoms with Crippen LogP contribution in [0.1, 0.15) is 44.5 Å². The van der Waals surface area contributed by atoms with Crippen LogP contribution in [0.25, 0.3) is 55.6 Å². The number of para-hydroxylation sites is 1. The lowest BCUT2D eigenvalue weighted by molar-refractivity contribution is 0.769. The molecule has 0 fully saturated rings. The molecule has 0 saturated heterocycles. The highest BCUT2D eigenvalue weighted by molar-refractivity contribution is 5.97. The van der Waals surface area contributed by atoms with Crippen molar-refractivity contribution in [3.8, 4) is 55.6 Å². The molecule has 3 aliphatic carbocycles. The van der Waals surface area contributed by atoms with Gasteiger partial charge in [-0.2, -0.15) is 0 Å². The van der Waals surface area contributed by atoms with Crippen molar-refractivity contribution in [1.82, 2.24) is 0 Å². The second-order valence-corrected chi connectivity index (χ2v) is 18.7. The minimum absolute atomic E-state index is 0.435. The van der Waals surface area contributed by atoms with E-state index in [4.69, 9.17) is 0 Å². The van der Waals surface area contributed by atoms with Gasteiger partial charge in [-0.3, -0.25) is 0 Å². The zero-order chi connectivity index (χ0) is 45.5. The van der Waals surface area contributed by atoms with Gasteiger partial charge in [0.25, 0.3) is 0 Å². The van der Waals surface area contributed by atoms with E-state index in [9.17, 15) is 0 Å². The highest BCUT2D eigenvalue weighted by Gasteiger charge is 2.52. The van der Waals surface area contributed by atoms with Crippen molar-refractivity contribution in [2.45, 2.75) is 10.8 Å². The molecule has 0 aromatic heterocycles. The quantitative estimate of drug-likeness (QED) is 0.154. The molecule has 0 amide bonds. The van der Waals surface area contributed by atoms with Crippen molar-refractivity contribution >= 4 is 17.1 Å². The van der Waals surface area contributed by atoms with Gasteiger partial charge >= 0.3 is 0 Å². The molecule has 14 rings (SSSR count). The number of hydrogen-bond donors (Lipinski definition) is 0. The molecule has 1 unspecified atom stereocenters. The van der Waals surface area contributed by atoms with Crippen LogP contribution in [0.2, 0.25) is 0 Å². The van der Waals surface area contributed by atoms with Gasteiger partial charge in [-0.05, 0) is 149 Å². The number of nitrogens with zero attached hydrogens (tertiary/aromatic N) is 1. The van der Waals surface area contributed by atoms with E-state index in [0.29, 0.717) is 0 Å². The topological polar surface area (TPSA) is 3.24 Å². The van der Waals surface area contributed by atoms with E-state index in [-0.39, 0.29) is 0 Å². The second-order valence-electron chi connectivity index (χ2n) is 18.7. The molecule has 69 heavy (non-hydrogen) atoms. The molecule has 0 saturated carbocycles. The molecule has 3 aliphatic rings. The zero-order valence-electron chi connectivity index (χ0n) is 37.9. The third-order valence-electron chi connectivity index (χ3n) is 15.3. The first-order chi connectivity index (χ1) is 34.2. The summed E-state index contributed by atoms with van der Waals surface area (Å²) in [5, 5.41) is 0. The largest absolute Gasteiger partial charge is 0.310 e. The van der Waals surface area contributed by atoms with Gasteiger partial charge in [0.15, 0.2) is 0 Å². The molecule has 322 valence electrons. The fraction of sp³-hybridized carbons (Fsp3) is 0.0294.